The van der Waals surface area contributed by atoms with Crippen LogP contribution in [0.15, 0.2) is 187 Å². The third-order valence-electron chi connectivity index (χ3n) is 12.5. The van der Waals surface area contributed by atoms with Crippen molar-refractivity contribution >= 4 is 152 Å². The lowest BCUT2D eigenvalue weighted by atomic mass is 10.0. The van der Waals surface area contributed by atoms with E-state index in [4.69, 9.17) is 79.1 Å². The van der Waals surface area contributed by atoms with Crippen molar-refractivity contribution < 1.29 is 55.2 Å². The number of carbonyl (C=O) groups excluding carboxylic acids is 6. The summed E-state index contributed by atoms with van der Waals surface area (Å²) >= 11 is 37.7. The van der Waals surface area contributed by atoms with Crippen LogP contribution < -0.4 is 43.5 Å². The molecule has 0 aliphatic carbocycles. The van der Waals surface area contributed by atoms with Crippen LogP contribution in [0.1, 0.15) is 11.1 Å². The number of β-lactam (4-membered cyclic amide) rings is 2. The topological polar surface area (TPSA) is 151 Å². The molecule has 12 nitrogen and oxygen atoms in total. The van der Waals surface area contributed by atoms with Gasteiger partial charge < -0.3 is 37.1 Å². The molecule has 0 radical (unpaired) electrons. The summed E-state index contributed by atoms with van der Waals surface area (Å²) in [6.45, 7) is 2.74. The maximum Gasteiger partial charge on any atom is 0.355 e. The van der Waals surface area contributed by atoms with Gasteiger partial charge in [0, 0.05) is 17.1 Å². The molecule has 4 aliphatic heterocycles. The third-order valence-corrected chi connectivity index (χ3v) is 20.2. The fraction of sp³-hybridized carbons (Fsp3) is 0.236. The lowest BCUT2D eigenvalue weighted by Crippen LogP contribution is -3.00. The van der Waals surface area contributed by atoms with Crippen molar-refractivity contribution in [1.82, 2.24) is 20.4 Å². The van der Waals surface area contributed by atoms with Gasteiger partial charge in [0.15, 0.2) is 0 Å². The summed E-state index contributed by atoms with van der Waals surface area (Å²) in [6.07, 6.45) is 2.26. The number of rotatable bonds is 16. The molecule has 2 saturated heterocycles. The Hall–Kier alpha value is -4.51. The standard InChI is InChI=1S/C36H30Cl3N2O4PS.C19H17Cl3N2O4S.BrH/c37-36(38,39)24-45-35(44)32-26(23-47-34-31(33(43)41(32)34)40-30(42)21-25-13-5-1-6-14-25)22-46(27-15-7-2-8-16-27,28-17-9-3-10-18-28)29-19-11-4-12-20-29;1-2-12-9-29-17-14(23-13(25)8-11-6-4-3-5-7-11)16(26)24(17)15(12)18(27)28-10-19(20,21)22;/h1-20,31,34H,21-24H2;2-7,14,17H,1,8-10H2,(H,23,25);1H/t31-,34+;14-,17+;/m11./s1. The highest BCUT2D eigenvalue weighted by molar-refractivity contribution is 8.00. The Kier molecular flexibility index (Phi) is 20.8. The Balaban J connectivity index is 0.000000247. The molecular formula is C55H48BrCl6N4O8PS2. The summed E-state index contributed by atoms with van der Waals surface area (Å²) in [7, 11) is -2.43. The van der Waals surface area contributed by atoms with E-state index in [1.165, 1.54) is 39.4 Å². The van der Waals surface area contributed by atoms with Gasteiger partial charge in [-0.2, -0.15) is 0 Å². The minimum atomic E-state index is -2.43. The molecule has 4 aliphatic rings. The van der Waals surface area contributed by atoms with E-state index in [2.05, 4.69) is 53.6 Å². The Morgan fingerprint density at radius 3 is 1.30 bits per heavy atom. The molecular weight excluding hydrogens is 1230 g/mol. The van der Waals surface area contributed by atoms with Gasteiger partial charge in [-0.15, -0.1) is 23.5 Å². The second kappa shape index (κ2) is 26.6. The lowest BCUT2D eigenvalue weighted by molar-refractivity contribution is -0.152. The molecule has 4 atom stereocenters. The Labute approximate surface area is 495 Å². The molecule has 0 saturated carbocycles. The average molecular weight is 1280 g/mol. The Morgan fingerprint density at radius 2 is 0.922 bits per heavy atom. The Morgan fingerprint density at radius 1 is 0.571 bits per heavy atom. The molecule has 0 spiro atoms. The van der Waals surface area contributed by atoms with Gasteiger partial charge in [-0.05, 0) is 53.1 Å². The van der Waals surface area contributed by atoms with Crippen LogP contribution in [0.25, 0.3) is 0 Å². The van der Waals surface area contributed by atoms with Crippen LogP contribution in [0.3, 0.4) is 0 Å². The second-order valence-corrected chi connectivity index (χ2v) is 28.3. The highest BCUT2D eigenvalue weighted by Gasteiger charge is 2.57. The first kappa shape index (κ1) is 60.1. The highest BCUT2D eigenvalue weighted by atomic mass is 79.9. The van der Waals surface area contributed by atoms with Crippen LogP contribution in [0, 0.1) is 0 Å². The first-order valence-electron chi connectivity index (χ1n) is 23.5. The van der Waals surface area contributed by atoms with Crippen molar-refractivity contribution in [1.29, 1.82) is 0 Å². The van der Waals surface area contributed by atoms with E-state index in [0.29, 0.717) is 23.2 Å². The van der Waals surface area contributed by atoms with Gasteiger partial charge in [0.25, 0.3) is 11.8 Å². The number of halogens is 7. The van der Waals surface area contributed by atoms with Gasteiger partial charge in [0.2, 0.25) is 19.4 Å². The minimum absolute atomic E-state index is 0. The first-order chi connectivity index (χ1) is 36.4. The van der Waals surface area contributed by atoms with Gasteiger partial charge in [-0.25, -0.2) is 9.59 Å². The van der Waals surface area contributed by atoms with Crippen LogP contribution in [0.2, 0.25) is 0 Å². The monoisotopic (exact) mass is 1280 g/mol. The number of benzene rings is 5. The zero-order chi connectivity index (χ0) is 54.2. The summed E-state index contributed by atoms with van der Waals surface area (Å²) in [5, 5.41) is 8.13. The SMILES string of the molecule is C=CC1=C(C(=O)OCC(Cl)(Cl)Cl)N2C(=O)[C@@H](NC(=O)Cc3ccccc3)[C@@H]2SC1.O=C(Cc1ccccc1)N[C@@H]1C(=O)N2C(C(=O)OCC(Cl)(Cl)Cl)=C(C[P+](c3ccccc3)(c3ccccc3)c3ccccc3)CS[C@@H]12.[Br-]. The molecule has 9 rings (SSSR count). The summed E-state index contributed by atoms with van der Waals surface area (Å²) in [5.74, 6) is -1.98. The predicted octanol–water partition coefficient (Wildman–Crippen LogP) is 5.78. The fourth-order valence-corrected chi connectivity index (χ4v) is 16.6. The zero-order valence-electron chi connectivity index (χ0n) is 40.5. The minimum Gasteiger partial charge on any atom is -1.00 e. The molecule has 4 amide bonds. The number of carbonyl (C=O) groups is 6. The van der Waals surface area contributed by atoms with Crippen LogP contribution in [0.5, 0.6) is 0 Å². The largest absolute Gasteiger partial charge is 1.00 e. The van der Waals surface area contributed by atoms with Crippen molar-refractivity contribution in [2.24, 2.45) is 0 Å². The van der Waals surface area contributed by atoms with Crippen molar-refractivity contribution in [2.45, 2.75) is 43.3 Å². The summed E-state index contributed by atoms with van der Waals surface area (Å²) < 4.78 is 6.98. The van der Waals surface area contributed by atoms with Gasteiger partial charge >= 0.3 is 11.9 Å². The van der Waals surface area contributed by atoms with E-state index in [-0.39, 0.29) is 58.9 Å². The van der Waals surface area contributed by atoms with Crippen LogP contribution in [-0.4, -0.2) is 107 Å². The molecule has 402 valence electrons. The molecule has 0 aromatic heterocycles. The van der Waals surface area contributed by atoms with Crippen molar-refractivity contribution in [3.8, 4) is 0 Å². The quantitative estimate of drug-likeness (QED) is 0.0539. The van der Waals surface area contributed by atoms with Crippen LogP contribution in [-0.2, 0) is 51.1 Å². The number of ether oxygens (including phenoxy) is 2. The van der Waals surface area contributed by atoms with Gasteiger partial charge in [0.1, 0.15) is 70.6 Å². The molecule has 2 fully saturated rings. The number of hydrogen-bond donors (Lipinski definition) is 2. The zero-order valence-corrected chi connectivity index (χ0v) is 49.2. The summed E-state index contributed by atoms with van der Waals surface area (Å²) in [5.41, 5.74) is 3.20. The summed E-state index contributed by atoms with van der Waals surface area (Å²) in [4.78, 5) is 81.0. The van der Waals surface area contributed by atoms with Gasteiger partial charge in [0.05, 0.1) is 19.0 Å². The normalized spacial score (nSPS) is 18.9. The molecule has 77 heavy (non-hydrogen) atoms. The van der Waals surface area contributed by atoms with Crippen LogP contribution >= 0.6 is 100 Å². The smallest absolute Gasteiger partial charge is 0.355 e. The molecule has 4 heterocycles. The highest BCUT2D eigenvalue weighted by Crippen LogP contribution is 2.58. The molecule has 0 unspecified atom stereocenters. The number of nitrogens with zero attached hydrogens (tertiary/aromatic N) is 2. The van der Waals surface area contributed by atoms with Crippen LogP contribution in [0.4, 0.5) is 0 Å². The van der Waals surface area contributed by atoms with E-state index in [0.717, 1.165) is 32.6 Å². The summed E-state index contributed by atoms with van der Waals surface area (Å²) in [6, 6.07) is 47.9. The first-order valence-corrected chi connectivity index (χ1v) is 29.9. The lowest BCUT2D eigenvalue weighted by Gasteiger charge is -2.50. The van der Waals surface area contributed by atoms with E-state index in [1.807, 2.05) is 115 Å². The number of alkyl halides is 6. The van der Waals surface area contributed by atoms with Crippen molar-refractivity contribution in [2.75, 3.05) is 30.9 Å². The van der Waals surface area contributed by atoms with Crippen molar-refractivity contribution in [3.05, 3.63) is 198 Å². The third kappa shape index (κ3) is 14.5. The van der Waals surface area contributed by atoms with E-state index in [1.54, 1.807) is 0 Å². The van der Waals surface area contributed by atoms with E-state index >= 15 is 0 Å². The van der Waals surface area contributed by atoms with E-state index < -0.39 is 68.7 Å². The number of amides is 4. The number of fused-ring (bicyclic) bond motifs is 2. The van der Waals surface area contributed by atoms with Gasteiger partial charge in [-0.3, -0.25) is 29.0 Å². The Bertz CT molecular complexity index is 2940. The molecule has 2 N–H and O–H groups in total. The molecule has 0 bridgehead atoms. The second-order valence-electron chi connectivity index (χ2n) is 17.6. The number of thioether (sulfide) groups is 2. The predicted molar refractivity (Wildman–Crippen MR) is 307 cm³/mol. The van der Waals surface area contributed by atoms with Gasteiger partial charge in [-0.1, -0.05) is 198 Å². The number of nitrogens with one attached hydrogen (secondary N) is 2. The maximum absolute atomic E-state index is 13.9. The fourth-order valence-electron chi connectivity index (χ4n) is 9.08. The molecule has 22 heteroatoms. The van der Waals surface area contributed by atoms with Crippen molar-refractivity contribution in [3.63, 3.8) is 0 Å². The molecule has 5 aromatic rings. The molecule has 5 aromatic carbocycles. The maximum atomic E-state index is 13.9. The number of esters is 2. The average Bonchev–Trinajstić information content (AvgIpc) is 3.47. The number of allylic oxidation sites excluding steroid dienone is 1. The number of hydrogen-bond acceptors (Lipinski definition) is 10. The van der Waals surface area contributed by atoms with E-state index in [9.17, 15) is 28.8 Å².